The third kappa shape index (κ3) is 5.86. The summed E-state index contributed by atoms with van der Waals surface area (Å²) in [6.07, 6.45) is 5.40. The number of sulfonamides is 1. The van der Waals surface area contributed by atoms with Crippen LogP contribution in [-0.2, 0) is 14.8 Å². The van der Waals surface area contributed by atoms with E-state index in [9.17, 15) is 13.2 Å². The van der Waals surface area contributed by atoms with E-state index in [1.54, 1.807) is 13.0 Å². The maximum Gasteiger partial charge on any atom is 0.248 e. The molecule has 174 valence electrons. The minimum absolute atomic E-state index is 0.0191. The summed E-state index contributed by atoms with van der Waals surface area (Å²) in [7, 11) is -3.77. The second-order valence-corrected chi connectivity index (χ2v) is 10.7. The Hall–Kier alpha value is -2.45. The third-order valence-corrected chi connectivity index (χ3v) is 7.84. The average Bonchev–Trinajstić information content (AvgIpc) is 3.14. The zero-order chi connectivity index (χ0) is 23.3. The van der Waals surface area contributed by atoms with Gasteiger partial charge in [0.2, 0.25) is 15.9 Å². The number of amides is 1. The molecule has 0 atom stereocenters. The Kier molecular flexibility index (Phi) is 7.90. The predicted molar refractivity (Wildman–Crippen MR) is 125 cm³/mol. The summed E-state index contributed by atoms with van der Waals surface area (Å²) in [6, 6.07) is 7.90. The average molecular weight is 460 g/mol. The number of hydrogen-bond acceptors (Lipinski definition) is 5. The van der Waals surface area contributed by atoms with Crippen molar-refractivity contribution in [3.05, 3.63) is 46.8 Å². The van der Waals surface area contributed by atoms with Crippen LogP contribution in [0.4, 0.5) is 0 Å². The number of carbonyl (C=O) groups is 1. The molecule has 0 spiro atoms. The van der Waals surface area contributed by atoms with Gasteiger partial charge in [-0.15, -0.1) is 0 Å². The van der Waals surface area contributed by atoms with Gasteiger partial charge in [0.05, 0.1) is 0 Å². The first-order valence-electron chi connectivity index (χ1n) is 11.2. The molecule has 0 saturated carbocycles. The van der Waals surface area contributed by atoms with Gasteiger partial charge in [-0.3, -0.25) is 4.79 Å². The fourth-order valence-electron chi connectivity index (χ4n) is 3.76. The van der Waals surface area contributed by atoms with E-state index in [0.29, 0.717) is 44.1 Å². The second-order valence-electron chi connectivity index (χ2n) is 8.86. The molecule has 1 aromatic heterocycles. The standard InChI is InChI=1S/C24H33N3O4S/c1-17(2)11-14-25-24(28)21-12-15-27(16-13-21)32(29,30)23-19(4)26-31-22(23)10-9-20-7-5-18(3)6-8-20/h5-10,17,21H,11-16H2,1-4H3,(H,25,28)/b10-9+. The molecule has 1 saturated heterocycles. The van der Waals surface area contributed by atoms with Crippen molar-refractivity contribution in [3.8, 4) is 0 Å². The first-order valence-corrected chi connectivity index (χ1v) is 12.6. The molecule has 2 aromatic rings. The molecule has 1 amide bonds. The van der Waals surface area contributed by atoms with E-state index >= 15 is 0 Å². The van der Waals surface area contributed by atoms with Gasteiger partial charge in [-0.25, -0.2) is 8.42 Å². The lowest BCUT2D eigenvalue weighted by molar-refractivity contribution is -0.126. The van der Waals surface area contributed by atoms with Crippen LogP contribution in [0.1, 0.15) is 55.7 Å². The number of aryl methyl sites for hydroxylation is 2. The van der Waals surface area contributed by atoms with E-state index < -0.39 is 10.0 Å². The summed E-state index contributed by atoms with van der Waals surface area (Å²) in [5, 5.41) is 6.88. The van der Waals surface area contributed by atoms with Crippen molar-refractivity contribution in [2.24, 2.45) is 11.8 Å². The second kappa shape index (κ2) is 10.4. The molecule has 8 heteroatoms. The lowest BCUT2D eigenvalue weighted by Gasteiger charge is -2.30. The lowest BCUT2D eigenvalue weighted by atomic mass is 9.97. The highest BCUT2D eigenvalue weighted by molar-refractivity contribution is 7.89. The van der Waals surface area contributed by atoms with Crippen LogP contribution < -0.4 is 5.32 Å². The monoisotopic (exact) mass is 459 g/mol. The number of benzene rings is 1. The van der Waals surface area contributed by atoms with Gasteiger partial charge < -0.3 is 9.84 Å². The van der Waals surface area contributed by atoms with E-state index in [2.05, 4.69) is 24.3 Å². The van der Waals surface area contributed by atoms with Crippen molar-refractivity contribution in [1.29, 1.82) is 0 Å². The number of carbonyl (C=O) groups excluding carboxylic acids is 1. The van der Waals surface area contributed by atoms with Crippen LogP contribution in [0, 0.1) is 25.7 Å². The molecule has 1 fully saturated rings. The first-order chi connectivity index (χ1) is 15.2. The summed E-state index contributed by atoms with van der Waals surface area (Å²) < 4.78 is 33.5. The highest BCUT2D eigenvalue weighted by Gasteiger charge is 2.35. The molecule has 1 aliphatic rings. The van der Waals surface area contributed by atoms with Gasteiger partial charge in [0.25, 0.3) is 0 Å². The summed E-state index contributed by atoms with van der Waals surface area (Å²) in [4.78, 5) is 12.5. The quantitative estimate of drug-likeness (QED) is 0.644. The lowest BCUT2D eigenvalue weighted by Crippen LogP contribution is -2.43. The maximum atomic E-state index is 13.4. The Morgan fingerprint density at radius 3 is 2.47 bits per heavy atom. The zero-order valence-electron chi connectivity index (χ0n) is 19.3. The molecule has 1 aliphatic heterocycles. The molecule has 0 unspecified atom stereocenters. The van der Waals surface area contributed by atoms with Gasteiger partial charge in [-0.2, -0.15) is 4.31 Å². The van der Waals surface area contributed by atoms with E-state index in [4.69, 9.17) is 4.52 Å². The summed E-state index contributed by atoms with van der Waals surface area (Å²) in [6.45, 7) is 9.14. The van der Waals surface area contributed by atoms with Gasteiger partial charge in [0, 0.05) is 25.6 Å². The number of rotatable bonds is 8. The van der Waals surface area contributed by atoms with Crippen molar-refractivity contribution >= 4 is 28.1 Å². The summed E-state index contributed by atoms with van der Waals surface area (Å²) in [5.41, 5.74) is 2.43. The van der Waals surface area contributed by atoms with Gasteiger partial charge in [0.15, 0.2) is 10.7 Å². The highest BCUT2D eigenvalue weighted by Crippen LogP contribution is 2.29. The van der Waals surface area contributed by atoms with Crippen LogP contribution in [0.3, 0.4) is 0 Å². The highest BCUT2D eigenvalue weighted by atomic mass is 32.2. The normalized spacial score (nSPS) is 16.2. The fraction of sp³-hybridized carbons (Fsp3) is 0.500. The molecular formula is C24H33N3O4S. The Morgan fingerprint density at radius 2 is 1.84 bits per heavy atom. The van der Waals surface area contributed by atoms with Crippen LogP contribution in [0.25, 0.3) is 12.2 Å². The van der Waals surface area contributed by atoms with Crippen molar-refractivity contribution < 1.29 is 17.7 Å². The van der Waals surface area contributed by atoms with Crippen LogP contribution in [0.15, 0.2) is 33.7 Å². The molecule has 0 bridgehead atoms. The smallest absolute Gasteiger partial charge is 0.248 e. The largest absolute Gasteiger partial charge is 0.356 e. The molecule has 1 N–H and O–H groups in total. The number of nitrogens with zero attached hydrogens (tertiary/aromatic N) is 2. The fourth-order valence-corrected chi connectivity index (χ4v) is 5.48. The van der Waals surface area contributed by atoms with Gasteiger partial charge in [-0.1, -0.05) is 54.9 Å². The van der Waals surface area contributed by atoms with Crippen molar-refractivity contribution in [3.63, 3.8) is 0 Å². The van der Waals surface area contributed by atoms with E-state index in [0.717, 1.165) is 17.5 Å². The minimum Gasteiger partial charge on any atom is -0.356 e. The van der Waals surface area contributed by atoms with E-state index in [1.165, 1.54) is 4.31 Å². The summed E-state index contributed by atoms with van der Waals surface area (Å²) >= 11 is 0. The minimum atomic E-state index is -3.77. The Balaban J connectivity index is 1.68. The molecule has 0 aliphatic carbocycles. The third-order valence-electron chi connectivity index (χ3n) is 5.78. The predicted octanol–water partition coefficient (Wildman–Crippen LogP) is 4.02. The van der Waals surface area contributed by atoms with Crippen LogP contribution in [-0.4, -0.2) is 43.4 Å². The Morgan fingerprint density at radius 1 is 1.19 bits per heavy atom. The molecular weight excluding hydrogens is 426 g/mol. The van der Waals surface area contributed by atoms with E-state index in [-0.39, 0.29) is 22.5 Å². The first kappa shape index (κ1) is 24.2. The molecule has 0 radical (unpaired) electrons. The van der Waals surface area contributed by atoms with Gasteiger partial charge in [0.1, 0.15) is 5.69 Å². The van der Waals surface area contributed by atoms with Gasteiger partial charge >= 0.3 is 0 Å². The van der Waals surface area contributed by atoms with Crippen LogP contribution in [0.2, 0.25) is 0 Å². The van der Waals surface area contributed by atoms with Gasteiger partial charge in [-0.05, 0) is 50.7 Å². The topological polar surface area (TPSA) is 92.5 Å². The number of aromatic nitrogens is 1. The SMILES string of the molecule is Cc1ccc(/C=C/c2onc(C)c2S(=O)(=O)N2CCC(C(=O)NCCC(C)C)CC2)cc1. The number of hydrogen-bond donors (Lipinski definition) is 1. The molecule has 7 nitrogen and oxygen atoms in total. The molecule has 2 heterocycles. The molecule has 3 rings (SSSR count). The van der Waals surface area contributed by atoms with Crippen LogP contribution in [0.5, 0.6) is 0 Å². The maximum absolute atomic E-state index is 13.4. The van der Waals surface area contributed by atoms with Crippen molar-refractivity contribution in [2.45, 2.75) is 51.9 Å². The van der Waals surface area contributed by atoms with Crippen LogP contribution >= 0.6 is 0 Å². The van der Waals surface area contributed by atoms with E-state index in [1.807, 2.05) is 37.3 Å². The summed E-state index contributed by atoms with van der Waals surface area (Å²) in [5.74, 6) is 0.614. The Labute approximate surface area is 190 Å². The number of nitrogens with one attached hydrogen (secondary N) is 1. The van der Waals surface area contributed by atoms with Crippen molar-refractivity contribution in [2.75, 3.05) is 19.6 Å². The molecule has 1 aromatic carbocycles. The zero-order valence-corrected chi connectivity index (χ0v) is 20.1. The Bertz CT molecular complexity index is 1050. The van der Waals surface area contributed by atoms with Crippen molar-refractivity contribution in [1.82, 2.24) is 14.8 Å². The molecule has 32 heavy (non-hydrogen) atoms. The number of piperidine rings is 1.